The number of carbonyl (C=O) groups is 1. The molecule has 4 heteroatoms. The molecule has 1 saturated heterocycles. The minimum Gasteiger partial charge on any atom is -0.298 e. The predicted molar refractivity (Wildman–Crippen MR) is 115 cm³/mol. The molecule has 4 aromatic rings. The molecule has 1 atom stereocenters. The van der Waals surface area contributed by atoms with Gasteiger partial charge in [0, 0.05) is 36.3 Å². The van der Waals surface area contributed by atoms with Crippen LogP contribution in [-0.2, 0) is 6.54 Å². The van der Waals surface area contributed by atoms with Crippen LogP contribution in [0, 0.1) is 5.92 Å². The van der Waals surface area contributed by atoms with Crippen LogP contribution in [0.25, 0.3) is 16.7 Å². The number of benzene rings is 2. The Hall–Kier alpha value is -3.24. The van der Waals surface area contributed by atoms with Crippen LogP contribution in [0.1, 0.15) is 22.5 Å². The van der Waals surface area contributed by atoms with Crippen LogP contribution in [0.2, 0.25) is 0 Å². The maximum Gasteiger partial charge on any atom is 0.184 e. The van der Waals surface area contributed by atoms with Crippen molar-refractivity contribution in [3.8, 4) is 5.69 Å². The highest BCUT2D eigenvalue weighted by Crippen LogP contribution is 2.28. The van der Waals surface area contributed by atoms with Gasteiger partial charge in [-0.25, -0.2) is 4.98 Å². The van der Waals surface area contributed by atoms with Crippen molar-refractivity contribution < 1.29 is 4.79 Å². The first-order chi connectivity index (χ1) is 14.3. The monoisotopic (exact) mass is 381 g/mol. The van der Waals surface area contributed by atoms with Gasteiger partial charge in [0.1, 0.15) is 5.65 Å². The smallest absolute Gasteiger partial charge is 0.184 e. The largest absolute Gasteiger partial charge is 0.298 e. The third-order valence-electron chi connectivity index (χ3n) is 5.72. The van der Waals surface area contributed by atoms with Gasteiger partial charge in [0.2, 0.25) is 0 Å². The highest BCUT2D eigenvalue weighted by molar-refractivity contribution is 6.02. The number of Topliss-reactive ketones (excluding diaryl/α,β-unsaturated/α-hetero) is 1. The molecule has 1 unspecified atom stereocenters. The fourth-order valence-electron chi connectivity index (χ4n) is 4.30. The summed E-state index contributed by atoms with van der Waals surface area (Å²) >= 11 is 0. The minimum atomic E-state index is 0.0190. The van der Waals surface area contributed by atoms with Gasteiger partial charge in [-0.2, -0.15) is 0 Å². The normalized spacial score (nSPS) is 17.0. The maximum absolute atomic E-state index is 13.5. The zero-order valence-electron chi connectivity index (χ0n) is 16.2. The van der Waals surface area contributed by atoms with E-state index in [1.54, 1.807) is 6.20 Å². The van der Waals surface area contributed by atoms with Crippen LogP contribution < -0.4 is 0 Å². The Balaban J connectivity index is 1.44. The first kappa shape index (κ1) is 17.8. The summed E-state index contributed by atoms with van der Waals surface area (Å²) in [5.41, 5.74) is 3.84. The number of nitrogens with zero attached hydrogens (tertiary/aromatic N) is 3. The van der Waals surface area contributed by atoms with Crippen LogP contribution in [-0.4, -0.2) is 33.3 Å². The van der Waals surface area contributed by atoms with Gasteiger partial charge in [0.05, 0.1) is 5.69 Å². The highest BCUT2D eigenvalue weighted by atomic mass is 16.1. The van der Waals surface area contributed by atoms with Gasteiger partial charge in [0.25, 0.3) is 0 Å². The fourth-order valence-corrected chi connectivity index (χ4v) is 4.30. The third-order valence-corrected chi connectivity index (χ3v) is 5.72. The van der Waals surface area contributed by atoms with E-state index in [4.69, 9.17) is 0 Å². The van der Waals surface area contributed by atoms with E-state index < -0.39 is 0 Å². The van der Waals surface area contributed by atoms with Crippen molar-refractivity contribution in [2.75, 3.05) is 13.1 Å². The zero-order chi connectivity index (χ0) is 19.6. The number of carbonyl (C=O) groups excluding carboxylic acids is 1. The average Bonchev–Trinajstić information content (AvgIpc) is 3.39. The van der Waals surface area contributed by atoms with Gasteiger partial charge in [-0.3, -0.25) is 14.3 Å². The van der Waals surface area contributed by atoms with Crippen molar-refractivity contribution in [3.05, 3.63) is 96.3 Å². The average molecular weight is 381 g/mol. The number of ketones is 1. The predicted octanol–water partition coefficient (Wildman–Crippen LogP) is 4.73. The van der Waals surface area contributed by atoms with Gasteiger partial charge in [-0.05, 0) is 48.9 Å². The van der Waals surface area contributed by atoms with Crippen molar-refractivity contribution >= 4 is 16.8 Å². The molecule has 0 spiro atoms. The molecule has 2 aromatic heterocycles. The van der Waals surface area contributed by atoms with E-state index in [9.17, 15) is 4.79 Å². The van der Waals surface area contributed by atoms with Crippen molar-refractivity contribution in [1.29, 1.82) is 0 Å². The van der Waals surface area contributed by atoms with E-state index in [0.29, 0.717) is 0 Å². The lowest BCUT2D eigenvalue weighted by Gasteiger charge is -2.16. The van der Waals surface area contributed by atoms with E-state index >= 15 is 0 Å². The molecule has 0 amide bonds. The molecule has 29 heavy (non-hydrogen) atoms. The first-order valence-corrected chi connectivity index (χ1v) is 10.1. The molecule has 144 valence electrons. The van der Waals surface area contributed by atoms with E-state index in [1.165, 1.54) is 5.56 Å². The Morgan fingerprint density at radius 1 is 0.966 bits per heavy atom. The number of hydrogen-bond donors (Lipinski definition) is 0. The van der Waals surface area contributed by atoms with E-state index in [0.717, 1.165) is 48.5 Å². The number of hydrogen-bond acceptors (Lipinski definition) is 3. The molecule has 1 fully saturated rings. The number of aromatic nitrogens is 2. The van der Waals surface area contributed by atoms with Crippen LogP contribution in [0.15, 0.2) is 85.1 Å². The minimum absolute atomic E-state index is 0.0190. The molecule has 4 nitrogen and oxygen atoms in total. The number of fused-ring (bicyclic) bond motifs is 1. The van der Waals surface area contributed by atoms with Crippen molar-refractivity contribution in [1.82, 2.24) is 14.5 Å². The van der Waals surface area contributed by atoms with Gasteiger partial charge in [-0.15, -0.1) is 0 Å². The lowest BCUT2D eigenvalue weighted by molar-refractivity contribution is 0.0915. The lowest BCUT2D eigenvalue weighted by Crippen LogP contribution is -2.24. The van der Waals surface area contributed by atoms with E-state index in [-0.39, 0.29) is 11.7 Å². The summed E-state index contributed by atoms with van der Waals surface area (Å²) in [7, 11) is 0. The zero-order valence-corrected chi connectivity index (χ0v) is 16.2. The quantitative estimate of drug-likeness (QED) is 0.469. The standard InChI is InChI=1S/C25H23N3O/c29-24(21-13-15-27(18-21)17-19-8-3-1-4-9-19)23-16-20-10-7-14-26-25(20)28(23)22-11-5-2-6-12-22/h1-12,14,16,21H,13,15,17-18H2. The second-order valence-electron chi connectivity index (χ2n) is 7.69. The molecular formula is C25H23N3O. The van der Waals surface area contributed by atoms with Crippen molar-refractivity contribution in [2.24, 2.45) is 5.92 Å². The topological polar surface area (TPSA) is 38.1 Å². The number of pyridine rings is 1. The Morgan fingerprint density at radius 2 is 1.72 bits per heavy atom. The summed E-state index contributed by atoms with van der Waals surface area (Å²) in [6, 6.07) is 26.4. The first-order valence-electron chi connectivity index (χ1n) is 10.1. The van der Waals surface area contributed by atoms with Crippen LogP contribution in [0.3, 0.4) is 0 Å². The summed E-state index contributed by atoms with van der Waals surface area (Å²) < 4.78 is 2.01. The van der Waals surface area contributed by atoms with Crippen LogP contribution in [0.4, 0.5) is 0 Å². The molecule has 5 rings (SSSR count). The number of rotatable bonds is 5. The molecule has 0 radical (unpaired) electrons. The Bertz CT molecular complexity index is 1130. The summed E-state index contributed by atoms with van der Waals surface area (Å²) in [6.07, 6.45) is 2.68. The van der Waals surface area contributed by atoms with Crippen LogP contribution >= 0.6 is 0 Å². The van der Waals surface area contributed by atoms with Crippen LogP contribution in [0.5, 0.6) is 0 Å². The molecule has 2 aromatic carbocycles. The van der Waals surface area contributed by atoms with E-state index in [1.807, 2.05) is 59.2 Å². The SMILES string of the molecule is O=C(c1cc2cccnc2n1-c1ccccc1)C1CCN(Cc2ccccc2)C1. The van der Waals surface area contributed by atoms with Gasteiger partial charge >= 0.3 is 0 Å². The molecule has 0 aliphatic carbocycles. The number of para-hydroxylation sites is 1. The Morgan fingerprint density at radius 3 is 2.52 bits per heavy atom. The second-order valence-corrected chi connectivity index (χ2v) is 7.69. The maximum atomic E-state index is 13.5. The molecule has 1 aliphatic rings. The van der Waals surface area contributed by atoms with Gasteiger partial charge in [-0.1, -0.05) is 48.5 Å². The molecule has 0 bridgehead atoms. The molecule has 3 heterocycles. The fraction of sp³-hybridized carbons (Fsp3) is 0.200. The third kappa shape index (κ3) is 3.47. The Kier molecular flexibility index (Phi) is 4.70. The summed E-state index contributed by atoms with van der Waals surface area (Å²) in [6.45, 7) is 2.65. The summed E-state index contributed by atoms with van der Waals surface area (Å²) in [4.78, 5) is 20.5. The van der Waals surface area contributed by atoms with Gasteiger partial charge < -0.3 is 0 Å². The Labute approximate surface area is 170 Å². The number of likely N-dealkylation sites (tertiary alicyclic amines) is 1. The van der Waals surface area contributed by atoms with Crippen molar-refractivity contribution in [3.63, 3.8) is 0 Å². The molecule has 0 saturated carbocycles. The van der Waals surface area contributed by atoms with Crippen molar-refractivity contribution in [2.45, 2.75) is 13.0 Å². The lowest BCUT2D eigenvalue weighted by atomic mass is 10.0. The van der Waals surface area contributed by atoms with E-state index in [2.05, 4.69) is 34.1 Å². The molecule has 0 N–H and O–H groups in total. The molecule has 1 aliphatic heterocycles. The molecular weight excluding hydrogens is 358 g/mol. The summed E-state index contributed by atoms with van der Waals surface area (Å²) in [5.74, 6) is 0.230. The van der Waals surface area contributed by atoms with Gasteiger partial charge in [0.15, 0.2) is 5.78 Å². The second kappa shape index (κ2) is 7.64. The highest BCUT2D eigenvalue weighted by Gasteiger charge is 2.31. The summed E-state index contributed by atoms with van der Waals surface area (Å²) in [5, 5.41) is 0.999.